The molecule has 2 aliphatic rings. The molecule has 0 spiro atoms. The van der Waals surface area contributed by atoms with Crippen LogP contribution < -0.4 is 0 Å². The maximum absolute atomic E-state index is 12.5. The standard InChI is InChI=1S/C15H26IN2O3/c1-10-3-4-11(2)17(8-10)9-15(19)12-5-6-13(16)14(7-12)18(20)21/h10-14,20H,3-9H2,1-2H3/q-1. The van der Waals surface area contributed by atoms with E-state index in [1.807, 2.05) is 0 Å². The van der Waals surface area contributed by atoms with E-state index < -0.39 is 6.04 Å². The molecule has 1 N–H and O–H groups in total. The molecule has 122 valence electrons. The van der Waals surface area contributed by atoms with Crippen LogP contribution in [0, 0.1) is 17.0 Å². The first-order valence-corrected chi connectivity index (χ1v) is 9.19. The molecule has 1 heterocycles. The van der Waals surface area contributed by atoms with E-state index >= 15 is 0 Å². The minimum absolute atomic E-state index is 0.0577. The normalized spacial score (nSPS) is 38.7. The smallest absolute Gasteiger partial charge is 0.149 e. The summed E-state index contributed by atoms with van der Waals surface area (Å²) in [5.74, 6) is 0.821. The number of piperidine rings is 1. The SMILES string of the molecule is CC1CCC(C)N(CC(=O)C2CCC(I)C(N([O-])O)C2)C1. The topological polar surface area (TPSA) is 66.8 Å². The fourth-order valence-electron chi connectivity index (χ4n) is 3.56. The van der Waals surface area contributed by atoms with Crippen LogP contribution in [0.1, 0.15) is 46.0 Å². The number of carbonyl (C=O) groups excluding carboxylic acids is 1. The Morgan fingerprint density at radius 2 is 2.05 bits per heavy atom. The Hall–Kier alpha value is 0.240. The number of ketones is 1. The second-order valence-electron chi connectivity index (χ2n) is 6.82. The van der Waals surface area contributed by atoms with Gasteiger partial charge in [-0.05, 0) is 44.9 Å². The summed E-state index contributed by atoms with van der Waals surface area (Å²) < 4.78 is 0.128. The number of carbonyl (C=O) groups is 1. The van der Waals surface area contributed by atoms with Crippen molar-refractivity contribution in [2.75, 3.05) is 13.1 Å². The van der Waals surface area contributed by atoms with Gasteiger partial charge >= 0.3 is 0 Å². The molecule has 1 aliphatic heterocycles. The number of nitrogens with zero attached hydrogens (tertiary/aromatic N) is 2. The molecule has 5 unspecified atom stereocenters. The van der Waals surface area contributed by atoms with Crippen molar-refractivity contribution in [2.45, 2.75) is 62.0 Å². The molecule has 0 bridgehead atoms. The van der Waals surface area contributed by atoms with Gasteiger partial charge in [0.1, 0.15) is 5.78 Å². The van der Waals surface area contributed by atoms with E-state index in [0.717, 1.165) is 25.8 Å². The quantitative estimate of drug-likeness (QED) is 0.440. The van der Waals surface area contributed by atoms with Gasteiger partial charge in [-0.1, -0.05) is 29.5 Å². The second-order valence-corrected chi connectivity index (χ2v) is 8.42. The van der Waals surface area contributed by atoms with Gasteiger partial charge in [-0.15, -0.1) is 0 Å². The van der Waals surface area contributed by atoms with Gasteiger partial charge < -0.3 is 10.4 Å². The molecule has 21 heavy (non-hydrogen) atoms. The van der Waals surface area contributed by atoms with Gasteiger partial charge in [-0.3, -0.25) is 14.9 Å². The predicted molar refractivity (Wildman–Crippen MR) is 90.4 cm³/mol. The molecule has 0 amide bonds. The third-order valence-corrected chi connectivity index (χ3v) is 6.53. The average Bonchev–Trinajstić information content (AvgIpc) is 2.43. The Bertz CT molecular complexity index is 367. The van der Waals surface area contributed by atoms with Crippen molar-refractivity contribution in [1.82, 2.24) is 10.1 Å². The van der Waals surface area contributed by atoms with Gasteiger partial charge in [0.05, 0.1) is 6.54 Å². The zero-order valence-electron chi connectivity index (χ0n) is 12.9. The Labute approximate surface area is 140 Å². The van der Waals surface area contributed by atoms with Crippen LogP contribution in [0.3, 0.4) is 0 Å². The Balaban J connectivity index is 1.90. The maximum Gasteiger partial charge on any atom is 0.149 e. The number of Topliss-reactive ketones (excluding diaryl/α,β-unsaturated/α-hetero) is 1. The van der Waals surface area contributed by atoms with Crippen molar-refractivity contribution in [3.63, 3.8) is 0 Å². The van der Waals surface area contributed by atoms with Gasteiger partial charge in [0.15, 0.2) is 0 Å². The molecule has 0 aromatic heterocycles. The molecule has 1 aliphatic carbocycles. The number of alkyl halides is 1. The molecular formula is C15H26IN2O3-. The summed E-state index contributed by atoms with van der Waals surface area (Å²) in [6.45, 7) is 5.92. The lowest BCUT2D eigenvalue weighted by Gasteiger charge is -2.41. The molecule has 6 heteroatoms. The zero-order chi connectivity index (χ0) is 15.6. The van der Waals surface area contributed by atoms with Crippen LogP contribution in [0.2, 0.25) is 0 Å². The van der Waals surface area contributed by atoms with Gasteiger partial charge in [-0.2, -0.15) is 0 Å². The van der Waals surface area contributed by atoms with Gasteiger partial charge in [0, 0.05) is 28.5 Å². The van der Waals surface area contributed by atoms with Crippen molar-refractivity contribution in [2.24, 2.45) is 11.8 Å². The third kappa shape index (κ3) is 4.60. The molecule has 0 radical (unpaired) electrons. The van der Waals surface area contributed by atoms with Crippen LogP contribution in [0.25, 0.3) is 0 Å². The molecule has 1 saturated carbocycles. The van der Waals surface area contributed by atoms with E-state index in [4.69, 9.17) is 0 Å². The summed E-state index contributed by atoms with van der Waals surface area (Å²) in [6, 6.07) is 0.0294. The summed E-state index contributed by atoms with van der Waals surface area (Å²) in [7, 11) is 0. The molecule has 5 atom stereocenters. The van der Waals surface area contributed by atoms with Crippen LogP contribution in [0.15, 0.2) is 0 Å². The second kappa shape index (κ2) is 7.68. The number of rotatable bonds is 4. The van der Waals surface area contributed by atoms with Crippen LogP contribution in [-0.4, -0.2) is 50.2 Å². The summed E-state index contributed by atoms with van der Waals surface area (Å²) >= 11 is 2.21. The zero-order valence-corrected chi connectivity index (χ0v) is 15.0. The van der Waals surface area contributed by atoms with Crippen molar-refractivity contribution in [3.8, 4) is 0 Å². The summed E-state index contributed by atoms with van der Waals surface area (Å²) in [6.07, 6.45) is 4.55. The fourth-order valence-corrected chi connectivity index (χ4v) is 4.49. The average molecular weight is 409 g/mol. The van der Waals surface area contributed by atoms with Crippen molar-refractivity contribution >= 4 is 28.4 Å². The third-order valence-electron chi connectivity index (χ3n) is 5.08. The number of hydrogen-bond acceptors (Lipinski definition) is 5. The lowest BCUT2D eigenvalue weighted by atomic mass is 9.82. The number of hydrogen-bond donors (Lipinski definition) is 1. The molecule has 2 rings (SSSR count). The van der Waals surface area contributed by atoms with Crippen molar-refractivity contribution < 1.29 is 10.0 Å². The molecule has 0 aromatic rings. The largest absolute Gasteiger partial charge is 0.762 e. The molecule has 2 fully saturated rings. The number of hydroxylamine groups is 2. The lowest BCUT2D eigenvalue weighted by Crippen LogP contribution is -2.47. The van der Waals surface area contributed by atoms with Crippen LogP contribution in [-0.2, 0) is 4.79 Å². The first-order valence-electron chi connectivity index (χ1n) is 7.94. The summed E-state index contributed by atoms with van der Waals surface area (Å²) in [4.78, 5) is 14.8. The van der Waals surface area contributed by atoms with Gasteiger partial charge in [0.25, 0.3) is 0 Å². The fraction of sp³-hybridized carbons (Fsp3) is 0.933. The van der Waals surface area contributed by atoms with Crippen molar-refractivity contribution in [3.05, 3.63) is 5.21 Å². The Morgan fingerprint density at radius 1 is 1.33 bits per heavy atom. The van der Waals surface area contributed by atoms with Crippen molar-refractivity contribution in [1.29, 1.82) is 0 Å². The highest BCUT2D eigenvalue weighted by Gasteiger charge is 2.34. The summed E-state index contributed by atoms with van der Waals surface area (Å²) in [5, 5.41) is 20.5. The Morgan fingerprint density at radius 3 is 2.71 bits per heavy atom. The number of likely N-dealkylation sites (tertiary alicyclic amines) is 1. The minimum atomic E-state index is -0.439. The predicted octanol–water partition coefficient (Wildman–Crippen LogP) is 2.84. The van der Waals surface area contributed by atoms with E-state index in [-0.39, 0.29) is 20.9 Å². The Kier molecular flexibility index (Phi) is 6.43. The molecular weight excluding hydrogens is 383 g/mol. The highest BCUT2D eigenvalue weighted by Crippen LogP contribution is 2.33. The van der Waals surface area contributed by atoms with E-state index in [1.165, 1.54) is 6.42 Å². The van der Waals surface area contributed by atoms with Crippen LogP contribution >= 0.6 is 22.6 Å². The van der Waals surface area contributed by atoms with Gasteiger partial charge in [0.2, 0.25) is 0 Å². The number of halogens is 1. The first kappa shape index (κ1) is 17.6. The summed E-state index contributed by atoms with van der Waals surface area (Å²) in [5.41, 5.74) is 0. The highest BCUT2D eigenvalue weighted by molar-refractivity contribution is 14.1. The molecule has 5 nitrogen and oxygen atoms in total. The lowest BCUT2D eigenvalue weighted by molar-refractivity contribution is -0.130. The maximum atomic E-state index is 12.5. The monoisotopic (exact) mass is 409 g/mol. The first-order chi connectivity index (χ1) is 9.88. The van der Waals surface area contributed by atoms with Crippen LogP contribution in [0.5, 0.6) is 0 Å². The molecule has 1 saturated heterocycles. The van der Waals surface area contributed by atoms with Gasteiger partial charge in [-0.25, -0.2) is 0 Å². The molecule has 0 aromatic carbocycles. The van der Waals surface area contributed by atoms with E-state index in [9.17, 15) is 15.2 Å². The van der Waals surface area contributed by atoms with Crippen LogP contribution in [0.4, 0.5) is 0 Å². The van der Waals surface area contributed by atoms with E-state index in [0.29, 0.717) is 24.9 Å². The minimum Gasteiger partial charge on any atom is -0.762 e. The van der Waals surface area contributed by atoms with E-state index in [2.05, 4.69) is 41.3 Å². The highest BCUT2D eigenvalue weighted by atomic mass is 127. The van der Waals surface area contributed by atoms with E-state index in [1.54, 1.807) is 0 Å².